The van der Waals surface area contributed by atoms with E-state index in [1.54, 1.807) is 30.7 Å². The molecule has 1 saturated heterocycles. The number of rotatable bonds is 4. The average molecular weight is 365 g/mol. The zero-order chi connectivity index (χ0) is 18.0. The van der Waals surface area contributed by atoms with Crippen molar-refractivity contribution in [2.75, 3.05) is 31.6 Å². The Morgan fingerprint density at radius 1 is 1.28 bits per heavy atom. The molecule has 10 heteroatoms. The van der Waals surface area contributed by atoms with E-state index in [1.807, 2.05) is 0 Å². The zero-order valence-corrected chi connectivity index (χ0v) is 14.8. The Labute approximate surface area is 145 Å². The number of aromatic nitrogens is 3. The number of carbonyl (C=O) groups is 1. The Morgan fingerprint density at radius 3 is 2.64 bits per heavy atom. The van der Waals surface area contributed by atoms with Crippen molar-refractivity contribution >= 4 is 21.9 Å². The summed E-state index contributed by atoms with van der Waals surface area (Å²) in [6.07, 6.45) is 1.46. The van der Waals surface area contributed by atoms with Gasteiger partial charge in [-0.1, -0.05) is 6.07 Å². The van der Waals surface area contributed by atoms with Crippen LogP contribution in [-0.4, -0.2) is 59.7 Å². The van der Waals surface area contributed by atoms with Crippen LogP contribution in [0.15, 0.2) is 29.4 Å². The number of ether oxygens (including phenoxy) is 1. The van der Waals surface area contributed by atoms with E-state index in [2.05, 4.69) is 15.5 Å². The third-order valence-corrected chi connectivity index (χ3v) is 6.02. The highest BCUT2D eigenvalue weighted by Gasteiger charge is 2.28. The van der Waals surface area contributed by atoms with Crippen molar-refractivity contribution in [1.29, 1.82) is 0 Å². The third kappa shape index (κ3) is 3.55. The molecule has 3 rings (SSSR count). The molecule has 1 N–H and O–H groups in total. The lowest BCUT2D eigenvalue weighted by atomic mass is 10.1. The van der Waals surface area contributed by atoms with Gasteiger partial charge in [0.2, 0.25) is 16.0 Å². The third-order valence-electron chi connectivity index (χ3n) is 3.97. The largest absolute Gasteiger partial charge is 0.379 e. The van der Waals surface area contributed by atoms with E-state index in [9.17, 15) is 13.2 Å². The van der Waals surface area contributed by atoms with Crippen molar-refractivity contribution in [3.63, 3.8) is 0 Å². The van der Waals surface area contributed by atoms with Gasteiger partial charge >= 0.3 is 0 Å². The van der Waals surface area contributed by atoms with E-state index in [-0.39, 0.29) is 16.4 Å². The summed E-state index contributed by atoms with van der Waals surface area (Å²) < 4.78 is 33.9. The van der Waals surface area contributed by atoms with E-state index < -0.39 is 15.9 Å². The van der Waals surface area contributed by atoms with Crippen molar-refractivity contribution in [1.82, 2.24) is 19.1 Å². The van der Waals surface area contributed by atoms with Gasteiger partial charge in [-0.15, -0.1) is 10.2 Å². The van der Waals surface area contributed by atoms with Crippen LogP contribution in [0, 0.1) is 6.92 Å². The normalized spacial score (nSPS) is 15.9. The van der Waals surface area contributed by atoms with Crippen molar-refractivity contribution in [2.24, 2.45) is 7.05 Å². The summed E-state index contributed by atoms with van der Waals surface area (Å²) in [5.74, 6) is -0.169. The van der Waals surface area contributed by atoms with Crippen LogP contribution in [-0.2, 0) is 21.8 Å². The van der Waals surface area contributed by atoms with E-state index in [0.717, 1.165) is 0 Å². The molecule has 9 nitrogen and oxygen atoms in total. The van der Waals surface area contributed by atoms with Crippen LogP contribution in [0.3, 0.4) is 0 Å². The van der Waals surface area contributed by atoms with E-state index in [4.69, 9.17) is 4.74 Å². The van der Waals surface area contributed by atoms with Gasteiger partial charge in [0.15, 0.2) is 0 Å². The second kappa shape index (κ2) is 6.90. The molecule has 1 aliphatic rings. The van der Waals surface area contributed by atoms with Gasteiger partial charge in [0.1, 0.15) is 6.33 Å². The molecule has 0 aliphatic carbocycles. The van der Waals surface area contributed by atoms with E-state index in [1.165, 1.54) is 16.7 Å². The lowest BCUT2D eigenvalue weighted by Crippen LogP contribution is -2.40. The quantitative estimate of drug-likeness (QED) is 0.840. The fraction of sp³-hybridized carbons (Fsp3) is 0.400. The number of sulfonamides is 1. The summed E-state index contributed by atoms with van der Waals surface area (Å²) in [6.45, 7) is 3.04. The predicted octanol–water partition coefficient (Wildman–Crippen LogP) is 0.397. The van der Waals surface area contributed by atoms with Crippen molar-refractivity contribution < 1.29 is 17.9 Å². The Kier molecular flexibility index (Phi) is 4.84. The smallest absolute Gasteiger partial charge is 0.258 e. The van der Waals surface area contributed by atoms with Crippen molar-refractivity contribution in [3.8, 4) is 0 Å². The second-order valence-corrected chi connectivity index (χ2v) is 7.62. The number of benzene rings is 1. The number of nitrogens with one attached hydrogen (secondary N) is 1. The molecule has 0 radical (unpaired) electrons. The number of hydrogen-bond acceptors (Lipinski definition) is 6. The molecule has 1 aromatic carbocycles. The number of amides is 1. The minimum Gasteiger partial charge on any atom is -0.379 e. The Morgan fingerprint density at radius 2 is 2.00 bits per heavy atom. The Bertz CT molecular complexity index is 887. The highest BCUT2D eigenvalue weighted by molar-refractivity contribution is 7.89. The van der Waals surface area contributed by atoms with Crippen LogP contribution in [0.4, 0.5) is 5.95 Å². The number of anilines is 1. The molecule has 1 aromatic heterocycles. The molecule has 1 amide bonds. The van der Waals surface area contributed by atoms with Gasteiger partial charge in [-0.25, -0.2) is 8.42 Å². The molecule has 25 heavy (non-hydrogen) atoms. The monoisotopic (exact) mass is 365 g/mol. The van der Waals surface area contributed by atoms with Gasteiger partial charge in [-0.05, 0) is 24.6 Å². The topological polar surface area (TPSA) is 106 Å². The van der Waals surface area contributed by atoms with Gasteiger partial charge in [0, 0.05) is 25.7 Å². The van der Waals surface area contributed by atoms with Crippen LogP contribution in [0.25, 0.3) is 0 Å². The molecule has 134 valence electrons. The van der Waals surface area contributed by atoms with Crippen LogP contribution < -0.4 is 5.32 Å². The summed E-state index contributed by atoms with van der Waals surface area (Å²) in [7, 11) is -1.99. The maximum absolute atomic E-state index is 12.9. The van der Waals surface area contributed by atoms with Gasteiger partial charge in [0.05, 0.1) is 18.1 Å². The van der Waals surface area contributed by atoms with Gasteiger partial charge in [-0.3, -0.25) is 10.1 Å². The molecule has 0 unspecified atom stereocenters. The van der Waals surface area contributed by atoms with E-state index in [0.29, 0.717) is 31.9 Å². The first kappa shape index (κ1) is 17.5. The highest BCUT2D eigenvalue weighted by Crippen LogP contribution is 2.22. The maximum Gasteiger partial charge on any atom is 0.258 e. The molecule has 0 saturated carbocycles. The molecular formula is C15H19N5O4S. The van der Waals surface area contributed by atoms with Gasteiger partial charge in [0.25, 0.3) is 5.91 Å². The fourth-order valence-corrected chi connectivity index (χ4v) is 4.17. The molecule has 1 fully saturated rings. The minimum atomic E-state index is -3.68. The van der Waals surface area contributed by atoms with Crippen LogP contribution in [0.1, 0.15) is 15.9 Å². The van der Waals surface area contributed by atoms with Crippen molar-refractivity contribution in [2.45, 2.75) is 11.8 Å². The highest BCUT2D eigenvalue weighted by atomic mass is 32.2. The predicted molar refractivity (Wildman–Crippen MR) is 89.7 cm³/mol. The van der Waals surface area contributed by atoms with E-state index >= 15 is 0 Å². The molecule has 1 aliphatic heterocycles. The maximum atomic E-state index is 12.9. The summed E-state index contributed by atoms with van der Waals surface area (Å²) in [5.41, 5.74) is 0.821. The number of aryl methyl sites for hydroxylation is 2. The molecule has 2 heterocycles. The molecule has 0 atom stereocenters. The minimum absolute atomic E-state index is 0.125. The van der Waals surface area contributed by atoms with Gasteiger partial charge in [-0.2, -0.15) is 4.31 Å². The average Bonchev–Trinajstić information content (AvgIpc) is 3.00. The number of morpholine rings is 1. The van der Waals surface area contributed by atoms with Crippen molar-refractivity contribution in [3.05, 3.63) is 35.7 Å². The van der Waals surface area contributed by atoms with Crippen LogP contribution in [0.2, 0.25) is 0 Å². The molecule has 0 spiro atoms. The first-order valence-electron chi connectivity index (χ1n) is 7.73. The summed E-state index contributed by atoms with van der Waals surface area (Å²) >= 11 is 0. The summed E-state index contributed by atoms with van der Waals surface area (Å²) in [6, 6.07) is 4.60. The van der Waals surface area contributed by atoms with Crippen LogP contribution in [0.5, 0.6) is 0 Å². The molecule has 2 aromatic rings. The van der Waals surface area contributed by atoms with Gasteiger partial charge < -0.3 is 9.30 Å². The lowest BCUT2D eigenvalue weighted by molar-refractivity contribution is 0.0730. The lowest BCUT2D eigenvalue weighted by Gasteiger charge is -2.26. The van der Waals surface area contributed by atoms with Crippen LogP contribution >= 0.6 is 0 Å². The number of nitrogens with zero attached hydrogens (tertiary/aromatic N) is 4. The fourth-order valence-electron chi connectivity index (χ4n) is 2.52. The number of carbonyl (C=O) groups excluding carboxylic acids is 1. The zero-order valence-electron chi connectivity index (χ0n) is 14.0. The SMILES string of the molecule is Cc1ccc(C(=O)Nc2nncn2C)cc1S(=O)(=O)N1CCOCC1. The summed E-state index contributed by atoms with van der Waals surface area (Å²) in [5, 5.41) is 10.1. The Balaban J connectivity index is 1.90. The standard InChI is InChI=1S/C15H19N5O4S/c1-11-3-4-12(14(21)17-15-18-16-10-19(15)2)9-13(11)25(22,23)20-5-7-24-8-6-20/h3-4,9-10H,5-8H2,1-2H3,(H,17,18,21). The molecular weight excluding hydrogens is 346 g/mol. The number of hydrogen-bond donors (Lipinski definition) is 1. The second-order valence-electron chi connectivity index (χ2n) is 5.72. The first-order valence-corrected chi connectivity index (χ1v) is 9.17. The summed E-state index contributed by atoms with van der Waals surface area (Å²) in [4.78, 5) is 12.5. The molecule has 0 bridgehead atoms. The first-order chi connectivity index (χ1) is 11.9. The Hall–Kier alpha value is -2.30.